The van der Waals surface area contributed by atoms with E-state index in [1.165, 1.54) is 17.0 Å². The highest BCUT2D eigenvalue weighted by atomic mass is 35.5. The summed E-state index contributed by atoms with van der Waals surface area (Å²) in [5.41, 5.74) is 1.93. The topological polar surface area (TPSA) is 86.8 Å². The summed E-state index contributed by atoms with van der Waals surface area (Å²) < 4.78 is 26.3. The molecule has 35 heavy (non-hydrogen) atoms. The molecule has 2 aromatic rings. The van der Waals surface area contributed by atoms with Gasteiger partial charge in [-0.15, -0.1) is 0 Å². The standard InChI is InChI=1S/C25H33Cl2N3O4S/c1-5-7-15-28-25(32)21(6-2)29(16-19-12-9-8-11-18(19)3)23(31)17-30(35(4,33)34)22-14-10-13-20(26)24(22)27/h8-14,21H,5-7,15-17H2,1-4H3,(H,28,32). The average molecular weight is 543 g/mol. The molecule has 7 nitrogen and oxygen atoms in total. The van der Waals surface area contributed by atoms with E-state index in [4.69, 9.17) is 23.2 Å². The van der Waals surface area contributed by atoms with Crippen LogP contribution in [-0.4, -0.2) is 50.5 Å². The van der Waals surface area contributed by atoms with Gasteiger partial charge in [-0.05, 0) is 43.0 Å². The second kappa shape index (κ2) is 13.1. The van der Waals surface area contributed by atoms with Gasteiger partial charge in [0.15, 0.2) is 0 Å². The highest BCUT2D eigenvalue weighted by Crippen LogP contribution is 2.33. The lowest BCUT2D eigenvalue weighted by Gasteiger charge is -2.33. The van der Waals surface area contributed by atoms with Crippen molar-refractivity contribution >= 4 is 50.7 Å². The predicted molar refractivity (Wildman–Crippen MR) is 142 cm³/mol. The third-order valence-electron chi connectivity index (χ3n) is 5.70. The van der Waals surface area contributed by atoms with Crippen LogP contribution in [0.2, 0.25) is 10.0 Å². The van der Waals surface area contributed by atoms with Crippen LogP contribution in [0.3, 0.4) is 0 Å². The second-order valence-electron chi connectivity index (χ2n) is 8.36. The van der Waals surface area contributed by atoms with Gasteiger partial charge in [0.2, 0.25) is 21.8 Å². The number of rotatable bonds is 12. The summed E-state index contributed by atoms with van der Waals surface area (Å²) in [6.07, 6.45) is 3.11. The van der Waals surface area contributed by atoms with Gasteiger partial charge in [0.25, 0.3) is 0 Å². The Bertz CT molecular complexity index is 1140. The van der Waals surface area contributed by atoms with E-state index in [0.29, 0.717) is 13.0 Å². The first-order valence-corrected chi connectivity index (χ1v) is 14.1. The minimum atomic E-state index is -3.89. The highest BCUT2D eigenvalue weighted by Gasteiger charge is 2.32. The Morgan fingerprint density at radius 1 is 1.06 bits per heavy atom. The molecule has 0 fully saturated rings. The fraction of sp³-hybridized carbons (Fsp3) is 0.440. The SMILES string of the molecule is CCCCNC(=O)C(CC)N(Cc1ccccc1C)C(=O)CN(c1cccc(Cl)c1Cl)S(C)(=O)=O. The molecule has 2 amide bonds. The number of nitrogens with one attached hydrogen (secondary N) is 1. The number of carbonyl (C=O) groups is 2. The zero-order chi connectivity index (χ0) is 26.2. The van der Waals surface area contributed by atoms with Gasteiger partial charge in [-0.2, -0.15) is 0 Å². The van der Waals surface area contributed by atoms with E-state index in [2.05, 4.69) is 5.32 Å². The van der Waals surface area contributed by atoms with Gasteiger partial charge >= 0.3 is 0 Å². The summed E-state index contributed by atoms with van der Waals surface area (Å²) in [6, 6.07) is 11.4. The molecule has 0 aliphatic carbocycles. The third-order valence-corrected chi connectivity index (χ3v) is 7.63. The number of amides is 2. The minimum Gasteiger partial charge on any atom is -0.354 e. The van der Waals surface area contributed by atoms with Gasteiger partial charge in [0.1, 0.15) is 12.6 Å². The third kappa shape index (κ3) is 7.85. The second-order valence-corrected chi connectivity index (χ2v) is 11.1. The van der Waals surface area contributed by atoms with E-state index in [0.717, 1.165) is 34.5 Å². The molecule has 192 valence electrons. The molecular weight excluding hydrogens is 509 g/mol. The van der Waals surface area contributed by atoms with E-state index >= 15 is 0 Å². The molecule has 0 saturated heterocycles. The summed E-state index contributed by atoms with van der Waals surface area (Å²) in [6.45, 7) is 5.92. The number of unbranched alkanes of at least 4 members (excludes halogenated alkanes) is 1. The van der Waals surface area contributed by atoms with Crippen LogP contribution >= 0.6 is 23.2 Å². The maximum atomic E-state index is 13.7. The summed E-state index contributed by atoms with van der Waals surface area (Å²) in [4.78, 5) is 28.2. The number of nitrogens with zero attached hydrogens (tertiary/aromatic N) is 2. The Morgan fingerprint density at radius 2 is 1.74 bits per heavy atom. The molecule has 0 bridgehead atoms. The number of hydrogen-bond acceptors (Lipinski definition) is 4. The fourth-order valence-corrected chi connectivity index (χ4v) is 4.98. The van der Waals surface area contributed by atoms with Crippen LogP contribution in [-0.2, 0) is 26.2 Å². The Morgan fingerprint density at radius 3 is 2.34 bits per heavy atom. The number of benzene rings is 2. The number of anilines is 1. The van der Waals surface area contributed by atoms with Crippen molar-refractivity contribution in [3.05, 3.63) is 63.6 Å². The molecule has 0 aliphatic heterocycles. The zero-order valence-corrected chi connectivity index (χ0v) is 22.9. The molecule has 1 unspecified atom stereocenters. The van der Waals surface area contributed by atoms with Crippen LogP contribution in [0.5, 0.6) is 0 Å². The van der Waals surface area contributed by atoms with E-state index in [1.54, 1.807) is 6.07 Å². The number of aryl methyl sites for hydroxylation is 1. The molecule has 0 spiro atoms. The van der Waals surface area contributed by atoms with Crippen molar-refractivity contribution in [1.29, 1.82) is 0 Å². The smallest absolute Gasteiger partial charge is 0.244 e. The number of halogens is 2. The first kappa shape index (κ1) is 28.9. The van der Waals surface area contributed by atoms with Gasteiger partial charge in [-0.3, -0.25) is 13.9 Å². The number of hydrogen-bond donors (Lipinski definition) is 1. The Balaban J connectivity index is 2.46. The van der Waals surface area contributed by atoms with Crippen molar-refractivity contribution in [3.8, 4) is 0 Å². The monoisotopic (exact) mass is 541 g/mol. The van der Waals surface area contributed by atoms with Gasteiger partial charge in [0, 0.05) is 13.1 Å². The van der Waals surface area contributed by atoms with Crippen molar-refractivity contribution in [2.24, 2.45) is 0 Å². The number of carbonyl (C=O) groups excluding carboxylic acids is 2. The molecule has 10 heteroatoms. The van der Waals surface area contributed by atoms with E-state index < -0.39 is 28.5 Å². The highest BCUT2D eigenvalue weighted by molar-refractivity contribution is 7.92. The summed E-state index contributed by atoms with van der Waals surface area (Å²) in [7, 11) is -3.89. The molecule has 0 radical (unpaired) electrons. The van der Waals surface area contributed by atoms with Crippen LogP contribution in [0.25, 0.3) is 0 Å². The Kier molecular flexibility index (Phi) is 10.9. The zero-order valence-electron chi connectivity index (χ0n) is 20.6. The first-order chi connectivity index (χ1) is 16.5. The molecule has 0 aromatic heterocycles. The molecule has 0 heterocycles. The molecule has 2 rings (SSSR count). The van der Waals surface area contributed by atoms with E-state index in [-0.39, 0.29) is 28.2 Å². The van der Waals surface area contributed by atoms with Crippen LogP contribution in [0.1, 0.15) is 44.2 Å². The van der Waals surface area contributed by atoms with Crippen molar-refractivity contribution in [2.45, 2.75) is 52.6 Å². The van der Waals surface area contributed by atoms with Gasteiger partial charge < -0.3 is 10.2 Å². The predicted octanol–water partition coefficient (Wildman–Crippen LogP) is 4.79. The van der Waals surface area contributed by atoms with E-state index in [1.807, 2.05) is 45.0 Å². The molecule has 2 aromatic carbocycles. The van der Waals surface area contributed by atoms with Crippen LogP contribution in [0.15, 0.2) is 42.5 Å². The van der Waals surface area contributed by atoms with Crippen molar-refractivity contribution in [2.75, 3.05) is 23.7 Å². The van der Waals surface area contributed by atoms with Crippen LogP contribution in [0, 0.1) is 6.92 Å². The van der Waals surface area contributed by atoms with Gasteiger partial charge in [-0.1, -0.05) is 73.8 Å². The van der Waals surface area contributed by atoms with Gasteiger partial charge in [0.05, 0.1) is 22.0 Å². The molecule has 0 aliphatic rings. The average Bonchev–Trinajstić information content (AvgIpc) is 2.80. The lowest BCUT2D eigenvalue weighted by Crippen LogP contribution is -2.52. The molecule has 1 atom stereocenters. The van der Waals surface area contributed by atoms with Crippen LogP contribution < -0.4 is 9.62 Å². The van der Waals surface area contributed by atoms with Crippen LogP contribution in [0.4, 0.5) is 5.69 Å². The van der Waals surface area contributed by atoms with Crippen molar-refractivity contribution in [3.63, 3.8) is 0 Å². The van der Waals surface area contributed by atoms with Crippen molar-refractivity contribution in [1.82, 2.24) is 10.2 Å². The summed E-state index contributed by atoms with van der Waals surface area (Å²) >= 11 is 12.4. The minimum absolute atomic E-state index is 0.0298. The Labute approximate surface area is 218 Å². The van der Waals surface area contributed by atoms with Gasteiger partial charge in [-0.25, -0.2) is 8.42 Å². The lowest BCUT2D eigenvalue weighted by atomic mass is 10.1. The normalized spacial score (nSPS) is 12.2. The first-order valence-electron chi connectivity index (χ1n) is 11.5. The fourth-order valence-electron chi connectivity index (χ4n) is 3.68. The molecular formula is C25H33Cl2N3O4S. The molecule has 1 N–H and O–H groups in total. The summed E-state index contributed by atoms with van der Waals surface area (Å²) in [5, 5.41) is 3.10. The maximum absolute atomic E-state index is 13.7. The molecule has 0 saturated carbocycles. The Hall–Kier alpha value is -2.29. The van der Waals surface area contributed by atoms with E-state index in [9.17, 15) is 18.0 Å². The largest absolute Gasteiger partial charge is 0.354 e. The van der Waals surface area contributed by atoms with Crippen molar-refractivity contribution < 1.29 is 18.0 Å². The lowest BCUT2D eigenvalue weighted by molar-refractivity contribution is -0.140. The maximum Gasteiger partial charge on any atom is 0.244 e. The quantitative estimate of drug-likeness (QED) is 0.391. The summed E-state index contributed by atoms with van der Waals surface area (Å²) in [5.74, 6) is -0.790. The number of sulfonamides is 1.